The highest BCUT2D eigenvalue weighted by Gasteiger charge is 2.46. The van der Waals surface area contributed by atoms with Crippen LogP contribution in [0, 0.1) is 11.3 Å². The summed E-state index contributed by atoms with van der Waals surface area (Å²) in [6, 6.07) is 16.1. The van der Waals surface area contributed by atoms with Crippen LogP contribution >= 0.6 is 0 Å². The maximum atomic E-state index is 13.0. The highest BCUT2D eigenvalue weighted by atomic mass is 16.5. The maximum absolute atomic E-state index is 13.0. The number of rotatable bonds is 9. The van der Waals surface area contributed by atoms with Crippen LogP contribution in [0.3, 0.4) is 0 Å². The van der Waals surface area contributed by atoms with Gasteiger partial charge >= 0.3 is 12.1 Å². The highest BCUT2D eigenvalue weighted by molar-refractivity contribution is 5.84. The second-order valence-corrected chi connectivity index (χ2v) is 10.1. The number of carboxylic acid groups (broad SMARTS) is 1. The van der Waals surface area contributed by atoms with Crippen LogP contribution < -0.4 is 10.6 Å². The number of ether oxygens (including phenoxy) is 1. The lowest BCUT2D eigenvalue weighted by Gasteiger charge is -2.31. The van der Waals surface area contributed by atoms with E-state index in [2.05, 4.69) is 34.9 Å². The molecule has 2 aromatic carbocycles. The van der Waals surface area contributed by atoms with Gasteiger partial charge in [0.15, 0.2) is 0 Å². The lowest BCUT2D eigenvalue weighted by atomic mass is 9.83. The molecular weight excluding hydrogens is 444 g/mol. The lowest BCUT2D eigenvalue weighted by Crippen LogP contribution is -2.51. The molecular formula is C28H34N2O5. The van der Waals surface area contributed by atoms with E-state index in [1.54, 1.807) is 0 Å². The van der Waals surface area contributed by atoms with Gasteiger partial charge in [-0.05, 0) is 54.4 Å². The third-order valence-corrected chi connectivity index (χ3v) is 7.56. The summed E-state index contributed by atoms with van der Waals surface area (Å²) in [7, 11) is 0. The van der Waals surface area contributed by atoms with Crippen LogP contribution in [0.2, 0.25) is 0 Å². The van der Waals surface area contributed by atoms with Crippen LogP contribution in [0.4, 0.5) is 4.79 Å². The predicted octanol–water partition coefficient (Wildman–Crippen LogP) is 4.70. The average Bonchev–Trinajstić information content (AvgIpc) is 3.35. The monoisotopic (exact) mass is 478 g/mol. The van der Waals surface area contributed by atoms with Gasteiger partial charge in [0.05, 0.1) is 5.41 Å². The number of fused-ring (bicyclic) bond motifs is 3. The number of carbonyl (C=O) groups excluding carboxylic acids is 2. The fourth-order valence-electron chi connectivity index (χ4n) is 5.49. The molecule has 0 spiro atoms. The van der Waals surface area contributed by atoms with E-state index in [1.165, 1.54) is 11.1 Å². The largest absolute Gasteiger partial charge is 0.481 e. The van der Waals surface area contributed by atoms with Gasteiger partial charge in [0.2, 0.25) is 5.91 Å². The summed E-state index contributed by atoms with van der Waals surface area (Å²) >= 11 is 0. The van der Waals surface area contributed by atoms with Crippen molar-refractivity contribution in [1.82, 2.24) is 10.6 Å². The first-order valence-corrected chi connectivity index (χ1v) is 12.4. The minimum absolute atomic E-state index is 0.0146. The number of benzene rings is 2. The number of amides is 2. The molecule has 1 saturated carbocycles. The molecule has 2 aliphatic carbocycles. The van der Waals surface area contributed by atoms with Crippen molar-refractivity contribution in [3.05, 3.63) is 59.7 Å². The molecule has 3 unspecified atom stereocenters. The maximum Gasteiger partial charge on any atom is 0.407 e. The van der Waals surface area contributed by atoms with Gasteiger partial charge in [0.25, 0.3) is 0 Å². The molecule has 1 fully saturated rings. The van der Waals surface area contributed by atoms with E-state index in [0.717, 1.165) is 17.5 Å². The zero-order valence-electron chi connectivity index (χ0n) is 20.4. The molecule has 3 atom stereocenters. The molecule has 0 aliphatic heterocycles. The Kier molecular flexibility index (Phi) is 7.43. The van der Waals surface area contributed by atoms with Gasteiger partial charge < -0.3 is 20.5 Å². The molecule has 2 aliphatic rings. The van der Waals surface area contributed by atoms with Gasteiger partial charge in [-0.25, -0.2) is 4.79 Å². The number of carboxylic acids is 1. The number of nitrogens with one attached hydrogen (secondary N) is 2. The smallest absolute Gasteiger partial charge is 0.407 e. The highest BCUT2D eigenvalue weighted by Crippen LogP contribution is 2.44. The average molecular weight is 479 g/mol. The van der Waals surface area contributed by atoms with Gasteiger partial charge in [-0.2, -0.15) is 0 Å². The fraction of sp³-hybridized carbons (Fsp3) is 0.464. The van der Waals surface area contributed by atoms with E-state index in [1.807, 2.05) is 38.1 Å². The number of carbonyl (C=O) groups is 3. The van der Waals surface area contributed by atoms with E-state index >= 15 is 0 Å². The molecule has 35 heavy (non-hydrogen) atoms. The molecule has 4 rings (SSSR count). The van der Waals surface area contributed by atoms with Crippen LogP contribution in [0.1, 0.15) is 63.0 Å². The second kappa shape index (κ2) is 10.5. The van der Waals surface area contributed by atoms with Crippen molar-refractivity contribution in [2.45, 2.75) is 57.9 Å². The number of aliphatic carboxylic acids is 1. The van der Waals surface area contributed by atoms with Crippen molar-refractivity contribution in [1.29, 1.82) is 0 Å². The normalized spacial score (nSPS) is 21.6. The zero-order chi connectivity index (χ0) is 25.0. The first-order chi connectivity index (χ1) is 16.8. The Labute approximate surface area is 206 Å². The molecule has 0 aromatic heterocycles. The predicted molar refractivity (Wildman–Crippen MR) is 133 cm³/mol. The lowest BCUT2D eigenvalue weighted by molar-refractivity contribution is -0.138. The van der Waals surface area contributed by atoms with Crippen LogP contribution in [0.15, 0.2) is 48.5 Å². The van der Waals surface area contributed by atoms with Crippen molar-refractivity contribution >= 4 is 18.0 Å². The number of hydrogen-bond acceptors (Lipinski definition) is 4. The Bertz CT molecular complexity index is 1050. The summed E-state index contributed by atoms with van der Waals surface area (Å²) in [5.74, 6) is -0.974. The molecule has 3 N–H and O–H groups in total. The number of hydrogen-bond donors (Lipinski definition) is 3. The third kappa shape index (κ3) is 5.34. The van der Waals surface area contributed by atoms with Gasteiger partial charge in [-0.15, -0.1) is 0 Å². The second-order valence-electron chi connectivity index (χ2n) is 10.1. The quantitative estimate of drug-likeness (QED) is 0.485. The zero-order valence-corrected chi connectivity index (χ0v) is 20.4. The van der Waals surface area contributed by atoms with Gasteiger partial charge in [-0.1, -0.05) is 61.9 Å². The van der Waals surface area contributed by atoms with Crippen LogP contribution in [-0.2, 0) is 14.3 Å². The number of alkyl carbamates (subject to hydrolysis) is 1. The van der Waals surface area contributed by atoms with Gasteiger partial charge in [0.1, 0.15) is 6.61 Å². The molecule has 0 heterocycles. The molecule has 7 heteroatoms. The van der Waals surface area contributed by atoms with Crippen molar-refractivity contribution in [3.63, 3.8) is 0 Å². The van der Waals surface area contributed by atoms with E-state index in [9.17, 15) is 14.4 Å². The molecule has 2 aromatic rings. The summed E-state index contributed by atoms with van der Waals surface area (Å²) in [5.41, 5.74) is 3.94. The molecule has 2 amide bonds. The summed E-state index contributed by atoms with van der Waals surface area (Å²) in [6.45, 7) is 4.39. The van der Waals surface area contributed by atoms with Gasteiger partial charge in [0, 0.05) is 24.9 Å². The Hall–Kier alpha value is -3.35. The standard InChI is InChI=1S/C28H34N2O5/c1-18(16-25(31)32)13-15-29-26(33)28(2)14-7-12-24(28)30-27(34)35-17-23-21-10-5-3-8-19(21)20-9-4-6-11-22(20)23/h3-6,8-11,18,23-24H,7,12-17H2,1-2H3,(H,29,33)(H,30,34)(H,31,32). The van der Waals surface area contributed by atoms with E-state index < -0.39 is 17.5 Å². The van der Waals surface area contributed by atoms with Crippen molar-refractivity contribution in [2.24, 2.45) is 11.3 Å². The molecule has 0 saturated heterocycles. The SMILES string of the molecule is CC(CCNC(=O)C1(C)CCCC1NC(=O)OCC1c2ccccc2-c2ccccc21)CC(=O)O. The fourth-order valence-corrected chi connectivity index (χ4v) is 5.49. The minimum Gasteiger partial charge on any atom is -0.481 e. The third-order valence-electron chi connectivity index (χ3n) is 7.56. The Morgan fingerprint density at radius 2 is 1.71 bits per heavy atom. The minimum atomic E-state index is -0.834. The van der Waals surface area contributed by atoms with Crippen LogP contribution in [-0.4, -0.2) is 42.3 Å². The summed E-state index contributed by atoms with van der Waals surface area (Å²) in [5, 5.41) is 14.8. The molecule has 0 bridgehead atoms. The molecule has 7 nitrogen and oxygen atoms in total. The summed E-state index contributed by atoms with van der Waals surface area (Å²) in [4.78, 5) is 36.6. The van der Waals surface area contributed by atoms with E-state index in [-0.39, 0.29) is 36.8 Å². The molecule has 186 valence electrons. The van der Waals surface area contributed by atoms with Crippen LogP contribution in [0.5, 0.6) is 0 Å². The van der Waals surface area contributed by atoms with E-state index in [4.69, 9.17) is 9.84 Å². The summed E-state index contributed by atoms with van der Waals surface area (Å²) in [6.07, 6.45) is 2.40. The first-order valence-electron chi connectivity index (χ1n) is 12.4. The van der Waals surface area contributed by atoms with E-state index in [0.29, 0.717) is 25.8 Å². The molecule has 0 radical (unpaired) electrons. The van der Waals surface area contributed by atoms with Crippen LogP contribution in [0.25, 0.3) is 11.1 Å². The first kappa shape index (κ1) is 24.8. The van der Waals surface area contributed by atoms with Gasteiger partial charge in [-0.3, -0.25) is 9.59 Å². The topological polar surface area (TPSA) is 105 Å². The summed E-state index contributed by atoms with van der Waals surface area (Å²) < 4.78 is 5.69. The van der Waals surface area contributed by atoms with Crippen molar-refractivity contribution in [2.75, 3.05) is 13.2 Å². The van der Waals surface area contributed by atoms with Crippen molar-refractivity contribution < 1.29 is 24.2 Å². The van der Waals surface area contributed by atoms with Crippen molar-refractivity contribution in [3.8, 4) is 11.1 Å². The Morgan fingerprint density at radius 1 is 1.09 bits per heavy atom. The Morgan fingerprint density at radius 3 is 2.34 bits per heavy atom. The Balaban J connectivity index is 1.32.